The van der Waals surface area contributed by atoms with Gasteiger partial charge in [-0.1, -0.05) is 0 Å². The van der Waals surface area contributed by atoms with Crippen molar-refractivity contribution in [3.05, 3.63) is 48.8 Å². The van der Waals surface area contributed by atoms with Gasteiger partial charge in [0.2, 0.25) is 5.95 Å². The minimum atomic E-state index is -2.49. The topological polar surface area (TPSA) is 90.8 Å². The first-order chi connectivity index (χ1) is 14.5. The number of hydrogen-bond acceptors (Lipinski definition) is 6. The molecule has 0 spiro atoms. The van der Waals surface area contributed by atoms with E-state index in [1.165, 1.54) is 4.57 Å². The molecule has 0 aliphatic carbocycles. The van der Waals surface area contributed by atoms with E-state index in [9.17, 15) is 8.78 Å². The zero-order chi connectivity index (χ0) is 20.8. The maximum absolute atomic E-state index is 13.0. The highest BCUT2D eigenvalue weighted by molar-refractivity contribution is 5.82. The number of pyridine rings is 1. The third-order valence-electron chi connectivity index (χ3n) is 4.76. The molecule has 0 saturated carbocycles. The van der Waals surface area contributed by atoms with Gasteiger partial charge >= 0.3 is 0 Å². The Kier molecular flexibility index (Phi) is 4.16. The lowest BCUT2D eigenvalue weighted by Gasteiger charge is -2.06. The molecule has 5 aromatic heterocycles. The van der Waals surface area contributed by atoms with Gasteiger partial charge in [0.25, 0.3) is 6.43 Å². The molecule has 0 aromatic carbocycles. The minimum Gasteiger partial charge on any atom is -0.320 e. The fraction of sp³-hybridized carbons (Fsp3) is 0.211. The van der Waals surface area contributed by atoms with E-state index < -0.39 is 13.0 Å². The van der Waals surface area contributed by atoms with Gasteiger partial charge < -0.3 is 9.88 Å². The third kappa shape index (κ3) is 3.13. The van der Waals surface area contributed by atoms with Crippen molar-refractivity contribution in [1.29, 1.82) is 0 Å². The van der Waals surface area contributed by atoms with Gasteiger partial charge in [-0.15, -0.1) is 5.10 Å². The molecule has 0 atom stereocenters. The second kappa shape index (κ2) is 6.87. The summed E-state index contributed by atoms with van der Waals surface area (Å²) >= 11 is 0. The average molecular weight is 409 g/mol. The predicted molar refractivity (Wildman–Crippen MR) is 107 cm³/mol. The summed E-state index contributed by atoms with van der Waals surface area (Å²) in [6.07, 6.45) is 4.50. The second-order valence-corrected chi connectivity index (χ2v) is 6.87. The number of halogens is 2. The molecular formula is C19H17F2N9. The van der Waals surface area contributed by atoms with Gasteiger partial charge in [-0.3, -0.25) is 4.68 Å². The van der Waals surface area contributed by atoms with Crippen LogP contribution in [-0.2, 0) is 13.6 Å². The first kappa shape index (κ1) is 18.2. The van der Waals surface area contributed by atoms with Crippen LogP contribution in [0, 0.1) is 6.92 Å². The van der Waals surface area contributed by atoms with E-state index in [1.54, 1.807) is 40.8 Å². The quantitative estimate of drug-likeness (QED) is 0.479. The summed E-state index contributed by atoms with van der Waals surface area (Å²) in [5.74, 6) is 0.929. The zero-order valence-corrected chi connectivity index (χ0v) is 16.2. The normalized spacial score (nSPS) is 11.8. The molecule has 0 radical (unpaired) electrons. The lowest BCUT2D eigenvalue weighted by Crippen LogP contribution is -2.08. The molecule has 9 nitrogen and oxygen atoms in total. The predicted octanol–water partition coefficient (Wildman–Crippen LogP) is 3.19. The van der Waals surface area contributed by atoms with Gasteiger partial charge in [0.05, 0.1) is 35.8 Å². The molecule has 1 N–H and O–H groups in total. The number of aryl methyl sites for hydroxylation is 2. The van der Waals surface area contributed by atoms with E-state index in [0.29, 0.717) is 28.6 Å². The van der Waals surface area contributed by atoms with Gasteiger partial charge in [-0.05, 0) is 25.1 Å². The Hall–Kier alpha value is -3.89. The van der Waals surface area contributed by atoms with Gasteiger partial charge in [0.1, 0.15) is 11.3 Å². The molecule has 152 valence electrons. The van der Waals surface area contributed by atoms with Gasteiger partial charge in [0, 0.05) is 25.0 Å². The summed E-state index contributed by atoms with van der Waals surface area (Å²) in [5, 5.41) is 11.7. The van der Waals surface area contributed by atoms with Crippen LogP contribution in [0.25, 0.3) is 27.9 Å². The maximum atomic E-state index is 13.0. The Morgan fingerprint density at radius 2 is 2.00 bits per heavy atom. The molecule has 5 aromatic rings. The van der Waals surface area contributed by atoms with E-state index in [0.717, 1.165) is 16.8 Å². The van der Waals surface area contributed by atoms with Crippen LogP contribution in [0.3, 0.4) is 0 Å². The smallest absolute Gasteiger partial charge is 0.256 e. The van der Waals surface area contributed by atoms with Crippen molar-refractivity contribution >= 4 is 28.3 Å². The lowest BCUT2D eigenvalue weighted by molar-refractivity contribution is 0.127. The van der Waals surface area contributed by atoms with Crippen molar-refractivity contribution in [2.75, 3.05) is 5.32 Å². The highest BCUT2D eigenvalue weighted by atomic mass is 19.3. The molecule has 0 aliphatic rings. The molecule has 30 heavy (non-hydrogen) atoms. The zero-order valence-electron chi connectivity index (χ0n) is 16.2. The molecule has 5 heterocycles. The Bertz CT molecular complexity index is 1370. The first-order valence-corrected chi connectivity index (χ1v) is 9.20. The van der Waals surface area contributed by atoms with E-state index in [2.05, 4.69) is 30.5 Å². The van der Waals surface area contributed by atoms with Crippen LogP contribution in [0.5, 0.6) is 0 Å². The van der Waals surface area contributed by atoms with Crippen molar-refractivity contribution < 1.29 is 8.78 Å². The van der Waals surface area contributed by atoms with Crippen LogP contribution in [0.2, 0.25) is 0 Å². The molecule has 0 amide bonds. The van der Waals surface area contributed by atoms with Gasteiger partial charge in [-0.25, -0.2) is 28.2 Å². The van der Waals surface area contributed by atoms with E-state index >= 15 is 0 Å². The summed E-state index contributed by atoms with van der Waals surface area (Å²) in [4.78, 5) is 13.3. The molecule has 11 heteroatoms. The van der Waals surface area contributed by atoms with Crippen molar-refractivity contribution in [1.82, 2.24) is 38.9 Å². The van der Waals surface area contributed by atoms with Gasteiger partial charge in [-0.2, -0.15) is 5.10 Å². The van der Waals surface area contributed by atoms with Crippen LogP contribution in [0.4, 0.5) is 20.4 Å². The highest BCUT2D eigenvalue weighted by Crippen LogP contribution is 2.26. The van der Waals surface area contributed by atoms with Crippen molar-refractivity contribution in [2.45, 2.75) is 19.9 Å². The van der Waals surface area contributed by atoms with Gasteiger partial charge in [0.15, 0.2) is 5.65 Å². The Balaban J connectivity index is 1.53. The third-order valence-corrected chi connectivity index (χ3v) is 4.76. The Morgan fingerprint density at radius 3 is 2.77 bits per heavy atom. The fourth-order valence-corrected chi connectivity index (χ4v) is 3.41. The molecule has 5 rings (SSSR count). The number of nitrogens with one attached hydrogen (secondary N) is 1. The molecule has 0 fully saturated rings. The number of imidazole rings is 1. The standard InChI is InChI=1S/C19H17F2N9/c1-11-24-15-4-3-14(26-18(15)29(11)10-17(20)21)13-5-6-30-16(13)8-22-19(27-30)25-12-7-23-28(2)9-12/h3-9,17H,10H2,1-2H3,(H,25,27). The molecule has 0 aliphatic heterocycles. The van der Waals surface area contributed by atoms with E-state index in [1.807, 2.05) is 25.4 Å². The number of hydrogen-bond donors (Lipinski definition) is 1. The van der Waals surface area contributed by atoms with Crippen molar-refractivity contribution in [2.24, 2.45) is 7.05 Å². The first-order valence-electron chi connectivity index (χ1n) is 9.20. The number of fused-ring (bicyclic) bond motifs is 2. The van der Waals surface area contributed by atoms with E-state index in [-0.39, 0.29) is 0 Å². The minimum absolute atomic E-state index is 0.423. The van der Waals surface area contributed by atoms with Crippen LogP contribution < -0.4 is 5.32 Å². The number of nitrogens with zero attached hydrogens (tertiary/aromatic N) is 8. The summed E-state index contributed by atoms with van der Waals surface area (Å²) < 4.78 is 30.8. The van der Waals surface area contributed by atoms with Crippen LogP contribution in [0.15, 0.2) is 43.0 Å². The molecule has 0 unspecified atom stereocenters. The second-order valence-electron chi connectivity index (χ2n) is 6.87. The van der Waals surface area contributed by atoms with Crippen LogP contribution >= 0.6 is 0 Å². The molecule has 0 bridgehead atoms. The van der Waals surface area contributed by atoms with Crippen molar-refractivity contribution in [3.63, 3.8) is 0 Å². The maximum Gasteiger partial charge on any atom is 0.256 e. The summed E-state index contributed by atoms with van der Waals surface area (Å²) in [5.41, 5.74) is 3.97. The summed E-state index contributed by atoms with van der Waals surface area (Å²) in [6, 6.07) is 5.47. The Labute approximate surface area is 169 Å². The molecular weight excluding hydrogens is 392 g/mol. The van der Waals surface area contributed by atoms with E-state index in [4.69, 9.17) is 0 Å². The summed E-state index contributed by atoms with van der Waals surface area (Å²) in [7, 11) is 1.83. The lowest BCUT2D eigenvalue weighted by atomic mass is 10.2. The fourth-order valence-electron chi connectivity index (χ4n) is 3.41. The highest BCUT2D eigenvalue weighted by Gasteiger charge is 2.16. The number of rotatable bonds is 5. The number of aromatic nitrogens is 8. The molecule has 0 saturated heterocycles. The monoisotopic (exact) mass is 409 g/mol. The Morgan fingerprint density at radius 1 is 1.13 bits per heavy atom. The SMILES string of the molecule is Cc1nc2ccc(-c3ccn4nc(Nc5cnn(C)c5)ncc34)nc2n1CC(F)F. The number of anilines is 2. The van der Waals surface area contributed by atoms with Crippen LogP contribution in [-0.4, -0.2) is 45.3 Å². The van der Waals surface area contributed by atoms with Crippen molar-refractivity contribution in [3.8, 4) is 11.3 Å². The number of alkyl halides is 2. The average Bonchev–Trinajstić information content (AvgIpc) is 3.39. The summed E-state index contributed by atoms with van der Waals surface area (Å²) in [6.45, 7) is 1.25. The van der Waals surface area contributed by atoms with Crippen LogP contribution in [0.1, 0.15) is 5.82 Å². The largest absolute Gasteiger partial charge is 0.320 e.